The van der Waals surface area contributed by atoms with Crippen molar-refractivity contribution in [3.63, 3.8) is 0 Å². The standard InChI is InChI=1S/C27H33N3O4/c1-27(2,3)34-26(32)28-30(19-31)17-11-7-5-4-6-8-12-20-15-16-22-21-13-9-10-14-23(21)25(29-33)24(22)18-20/h8-10,12-16,18-19,33H,4-7,11,17H2,1-3H3,(H,28,32)/b12-8+,29-25-. The fraction of sp³-hybridized carbons (Fsp3) is 0.370. The molecule has 0 saturated carbocycles. The van der Waals surface area contributed by atoms with Gasteiger partial charge in [-0.2, -0.15) is 0 Å². The molecule has 2 aromatic rings. The Morgan fingerprint density at radius 1 is 1.03 bits per heavy atom. The lowest BCUT2D eigenvalue weighted by Crippen LogP contribution is -2.44. The number of carbonyl (C=O) groups is 2. The Morgan fingerprint density at radius 2 is 1.74 bits per heavy atom. The Kier molecular flexibility index (Phi) is 8.46. The molecule has 7 nitrogen and oxygen atoms in total. The number of fused-ring (bicyclic) bond motifs is 3. The average molecular weight is 464 g/mol. The molecule has 0 unspecified atom stereocenters. The number of benzene rings is 2. The zero-order valence-electron chi connectivity index (χ0n) is 20.1. The van der Waals surface area contributed by atoms with E-state index in [1.807, 2.05) is 24.3 Å². The first-order valence-corrected chi connectivity index (χ1v) is 11.7. The fourth-order valence-electron chi connectivity index (χ4n) is 3.94. The van der Waals surface area contributed by atoms with Crippen molar-refractivity contribution in [2.24, 2.45) is 5.16 Å². The molecule has 2 N–H and O–H groups in total. The maximum Gasteiger partial charge on any atom is 0.426 e. The lowest BCUT2D eigenvalue weighted by Gasteiger charge is -2.23. The topological polar surface area (TPSA) is 91.2 Å². The van der Waals surface area contributed by atoms with Crippen molar-refractivity contribution in [1.29, 1.82) is 0 Å². The van der Waals surface area contributed by atoms with Crippen LogP contribution in [-0.2, 0) is 9.53 Å². The molecule has 0 atom stereocenters. The summed E-state index contributed by atoms with van der Waals surface area (Å²) in [5, 5.41) is 14.3. The molecule has 0 aromatic heterocycles. The van der Waals surface area contributed by atoms with Gasteiger partial charge in [0.1, 0.15) is 11.3 Å². The normalized spacial score (nSPS) is 13.6. The monoisotopic (exact) mass is 463 g/mol. The minimum absolute atomic E-state index is 0.449. The summed E-state index contributed by atoms with van der Waals surface area (Å²) >= 11 is 0. The molecule has 0 radical (unpaired) electrons. The number of ether oxygens (including phenoxy) is 1. The van der Waals surface area contributed by atoms with Gasteiger partial charge in [-0.25, -0.2) is 10.2 Å². The van der Waals surface area contributed by atoms with Crippen LogP contribution >= 0.6 is 0 Å². The summed E-state index contributed by atoms with van der Waals surface area (Å²) in [6.07, 6.45) is 9.01. The Hall–Kier alpha value is -3.61. The maximum atomic E-state index is 11.7. The molecule has 0 fully saturated rings. The molecule has 3 rings (SSSR count). The molecule has 0 saturated heterocycles. The zero-order valence-corrected chi connectivity index (χ0v) is 20.1. The van der Waals surface area contributed by atoms with Crippen molar-refractivity contribution in [2.75, 3.05) is 6.54 Å². The van der Waals surface area contributed by atoms with Crippen LogP contribution in [-0.4, -0.2) is 40.6 Å². The van der Waals surface area contributed by atoms with Crippen LogP contribution in [0.25, 0.3) is 17.2 Å². The molecule has 180 valence electrons. The zero-order chi connectivity index (χ0) is 24.6. The van der Waals surface area contributed by atoms with Gasteiger partial charge in [-0.15, -0.1) is 0 Å². The summed E-state index contributed by atoms with van der Waals surface area (Å²) in [5.41, 5.74) is 7.62. The minimum atomic E-state index is -0.627. The number of nitrogens with zero attached hydrogens (tertiary/aromatic N) is 2. The molecule has 2 aromatic carbocycles. The summed E-state index contributed by atoms with van der Waals surface area (Å²) in [5.74, 6) is 0. The van der Waals surface area contributed by atoms with Crippen LogP contribution in [0.1, 0.15) is 69.6 Å². The molecular weight excluding hydrogens is 430 g/mol. The van der Waals surface area contributed by atoms with Crippen LogP contribution in [0.15, 0.2) is 53.7 Å². The van der Waals surface area contributed by atoms with Crippen molar-refractivity contribution in [1.82, 2.24) is 10.4 Å². The quantitative estimate of drug-likeness (QED) is 0.173. The Balaban J connectivity index is 1.39. The first kappa shape index (κ1) is 25.0. The first-order valence-electron chi connectivity index (χ1n) is 11.7. The van der Waals surface area contributed by atoms with Gasteiger partial charge in [-0.3, -0.25) is 9.80 Å². The SMILES string of the molecule is CC(C)(C)OC(=O)NN(C=O)CCCCCC/C=C/c1ccc2c(c1)/C(=N\O)c1ccccc1-2. The van der Waals surface area contributed by atoms with E-state index >= 15 is 0 Å². The molecule has 2 amide bonds. The third-order valence-corrected chi connectivity index (χ3v) is 5.46. The second kappa shape index (κ2) is 11.5. The number of hydrogen-bond acceptors (Lipinski definition) is 5. The smallest absolute Gasteiger partial charge is 0.426 e. The summed E-state index contributed by atoms with van der Waals surface area (Å²) in [4.78, 5) is 22.9. The highest BCUT2D eigenvalue weighted by atomic mass is 16.6. The number of allylic oxidation sites excluding steroid dienone is 1. The van der Waals surface area contributed by atoms with Gasteiger partial charge in [0, 0.05) is 17.7 Å². The predicted molar refractivity (Wildman–Crippen MR) is 134 cm³/mol. The molecule has 0 aliphatic heterocycles. The Morgan fingerprint density at radius 3 is 2.44 bits per heavy atom. The summed E-state index contributed by atoms with van der Waals surface area (Å²) in [6, 6.07) is 14.2. The molecular formula is C27H33N3O4. The third kappa shape index (κ3) is 6.70. The van der Waals surface area contributed by atoms with Gasteiger partial charge in [0.25, 0.3) is 0 Å². The number of oxime groups is 1. The largest absolute Gasteiger partial charge is 0.443 e. The molecule has 34 heavy (non-hydrogen) atoms. The second-order valence-electron chi connectivity index (χ2n) is 9.32. The van der Waals surface area contributed by atoms with Crippen molar-refractivity contribution >= 4 is 24.3 Å². The van der Waals surface area contributed by atoms with Crippen LogP contribution in [0.2, 0.25) is 0 Å². The highest BCUT2D eigenvalue weighted by Crippen LogP contribution is 2.37. The predicted octanol–water partition coefficient (Wildman–Crippen LogP) is 5.76. The second-order valence-corrected chi connectivity index (χ2v) is 9.32. The van der Waals surface area contributed by atoms with Gasteiger partial charge >= 0.3 is 6.09 Å². The molecule has 0 heterocycles. The van der Waals surface area contributed by atoms with Gasteiger partial charge in [-0.05, 0) is 62.8 Å². The maximum absolute atomic E-state index is 11.7. The number of rotatable bonds is 10. The summed E-state index contributed by atoms with van der Waals surface area (Å²) in [7, 11) is 0. The van der Waals surface area contributed by atoms with Gasteiger partial charge < -0.3 is 9.94 Å². The molecule has 1 aliphatic carbocycles. The number of hydrogen-bond donors (Lipinski definition) is 2. The van der Waals surface area contributed by atoms with E-state index in [0.717, 1.165) is 59.9 Å². The lowest BCUT2D eigenvalue weighted by atomic mass is 10.0. The van der Waals surface area contributed by atoms with Gasteiger partial charge in [-0.1, -0.05) is 66.5 Å². The van der Waals surface area contributed by atoms with E-state index in [1.165, 1.54) is 5.01 Å². The number of carbonyl (C=O) groups excluding carboxylic acids is 2. The van der Waals surface area contributed by atoms with Crippen LogP contribution in [0.3, 0.4) is 0 Å². The summed E-state index contributed by atoms with van der Waals surface area (Å²) in [6.45, 7) is 5.77. The van der Waals surface area contributed by atoms with E-state index in [-0.39, 0.29) is 0 Å². The van der Waals surface area contributed by atoms with E-state index in [2.05, 4.69) is 40.9 Å². The Labute approximate surface area is 201 Å². The van der Waals surface area contributed by atoms with Crippen LogP contribution < -0.4 is 5.43 Å². The fourth-order valence-corrected chi connectivity index (χ4v) is 3.94. The van der Waals surface area contributed by atoms with Gasteiger partial charge in [0.15, 0.2) is 0 Å². The molecule has 7 heteroatoms. The van der Waals surface area contributed by atoms with E-state index in [0.29, 0.717) is 18.7 Å². The minimum Gasteiger partial charge on any atom is -0.443 e. The number of unbranched alkanes of at least 4 members (excludes halogenated alkanes) is 4. The van der Waals surface area contributed by atoms with Gasteiger partial charge in [0.2, 0.25) is 6.41 Å². The number of amides is 2. The van der Waals surface area contributed by atoms with Crippen molar-refractivity contribution < 1.29 is 19.5 Å². The van der Waals surface area contributed by atoms with Crippen molar-refractivity contribution in [3.8, 4) is 11.1 Å². The number of hydrazine groups is 1. The third-order valence-electron chi connectivity index (χ3n) is 5.46. The average Bonchev–Trinajstić information content (AvgIpc) is 3.11. The summed E-state index contributed by atoms with van der Waals surface area (Å²) < 4.78 is 5.15. The van der Waals surface area contributed by atoms with Crippen LogP contribution in [0, 0.1) is 0 Å². The van der Waals surface area contributed by atoms with Gasteiger partial charge in [0.05, 0.1) is 0 Å². The first-order chi connectivity index (χ1) is 16.3. The highest BCUT2D eigenvalue weighted by molar-refractivity contribution is 6.24. The van der Waals surface area contributed by atoms with E-state index in [9.17, 15) is 14.8 Å². The van der Waals surface area contributed by atoms with Crippen molar-refractivity contribution in [2.45, 2.75) is 58.5 Å². The molecule has 1 aliphatic rings. The molecule has 0 spiro atoms. The van der Waals surface area contributed by atoms with E-state index in [1.54, 1.807) is 20.8 Å². The van der Waals surface area contributed by atoms with Crippen molar-refractivity contribution in [3.05, 3.63) is 65.2 Å². The van der Waals surface area contributed by atoms with E-state index < -0.39 is 11.7 Å². The lowest BCUT2D eigenvalue weighted by molar-refractivity contribution is -0.121. The Bertz CT molecular complexity index is 1070. The van der Waals surface area contributed by atoms with Crippen LogP contribution in [0.4, 0.5) is 4.79 Å². The number of nitrogens with one attached hydrogen (secondary N) is 1. The molecule has 0 bridgehead atoms. The van der Waals surface area contributed by atoms with Crippen LogP contribution in [0.5, 0.6) is 0 Å². The van der Waals surface area contributed by atoms with E-state index in [4.69, 9.17) is 4.74 Å². The highest BCUT2D eigenvalue weighted by Gasteiger charge is 2.24.